The van der Waals surface area contributed by atoms with Crippen molar-refractivity contribution in [2.24, 2.45) is 0 Å². The highest BCUT2D eigenvalue weighted by Gasteiger charge is 2.60. The molecule has 0 spiro atoms. The van der Waals surface area contributed by atoms with Crippen LogP contribution in [0.25, 0.3) is 0 Å². The molecule has 0 atom stereocenters. The minimum atomic E-state index is -1.09. The van der Waals surface area contributed by atoms with Crippen LogP contribution in [0.4, 0.5) is 0 Å². The zero-order chi connectivity index (χ0) is 22.6. The maximum absolute atomic E-state index is 2.75. The Morgan fingerprint density at radius 2 is 0.586 bits per heavy atom. The van der Waals surface area contributed by atoms with Gasteiger partial charge in [0.1, 0.15) is 0 Å². The van der Waals surface area contributed by atoms with E-state index in [1.807, 2.05) is 0 Å². The molecular formula is C25H60Si4. The average Bonchev–Trinajstić information content (AvgIpc) is 2.54. The normalized spacial score (nSPS) is 13.9. The van der Waals surface area contributed by atoms with Crippen LogP contribution >= 0.6 is 0 Å². The molecular weight excluding hydrogens is 413 g/mol. The summed E-state index contributed by atoms with van der Waals surface area (Å²) in [6.07, 6.45) is 20.8. The summed E-state index contributed by atoms with van der Waals surface area (Å²) in [5.74, 6) is 0. The first-order valence-electron chi connectivity index (χ1n) is 13.3. The van der Waals surface area contributed by atoms with Crippen molar-refractivity contribution in [3.8, 4) is 0 Å². The summed E-state index contributed by atoms with van der Waals surface area (Å²) in [5.41, 5.74) is 0. The van der Waals surface area contributed by atoms with Gasteiger partial charge in [0.2, 0.25) is 0 Å². The van der Waals surface area contributed by atoms with Crippen molar-refractivity contribution in [3.05, 3.63) is 0 Å². The van der Waals surface area contributed by atoms with Gasteiger partial charge < -0.3 is 0 Å². The van der Waals surface area contributed by atoms with Crippen molar-refractivity contribution in [2.75, 3.05) is 0 Å². The maximum atomic E-state index is 2.75. The van der Waals surface area contributed by atoms with Gasteiger partial charge in [-0.15, -0.1) is 0 Å². The molecule has 0 radical (unpaired) electrons. The van der Waals surface area contributed by atoms with E-state index in [0.29, 0.717) is 0 Å². The Balaban J connectivity index is 4.10. The monoisotopic (exact) mass is 472 g/mol. The van der Waals surface area contributed by atoms with Crippen LogP contribution < -0.4 is 0 Å². The minimum absolute atomic E-state index is 1.05. The molecule has 4 heteroatoms. The van der Waals surface area contributed by atoms with E-state index < -0.39 is 29.4 Å². The van der Waals surface area contributed by atoms with E-state index in [1.165, 1.54) is 83.5 Å². The van der Waals surface area contributed by atoms with Crippen molar-refractivity contribution < 1.29 is 0 Å². The molecule has 0 aromatic heterocycles. The van der Waals surface area contributed by atoms with Gasteiger partial charge in [0, 0.05) is 29.4 Å². The number of unbranched alkanes of at least 4 members (excludes halogenated alkanes) is 13. The second kappa shape index (κ2) is 14.1. The van der Waals surface area contributed by atoms with Gasteiger partial charge in [-0.25, -0.2) is 0 Å². The molecule has 0 saturated carbocycles. The van der Waals surface area contributed by atoms with Crippen LogP contribution in [0.3, 0.4) is 0 Å². The first-order valence-corrected chi connectivity index (χ1v) is 29.0. The first-order chi connectivity index (χ1) is 13.3. The van der Waals surface area contributed by atoms with Crippen LogP contribution in [-0.4, -0.2) is 29.4 Å². The third-order valence-electron chi connectivity index (χ3n) is 7.75. The summed E-state index contributed by atoms with van der Waals surface area (Å²) >= 11 is 0. The Labute approximate surface area is 190 Å². The average molecular weight is 473 g/mol. The Morgan fingerprint density at radius 3 is 0.828 bits per heavy atom. The summed E-state index contributed by atoms with van der Waals surface area (Å²) in [6.45, 7) is 26.0. The van der Waals surface area contributed by atoms with Crippen LogP contribution in [0.1, 0.15) is 96.8 Å². The molecule has 29 heavy (non-hydrogen) atoms. The molecule has 0 unspecified atom stereocenters. The zero-order valence-electron chi connectivity index (χ0n) is 22.6. The molecule has 0 saturated heterocycles. The van der Waals surface area contributed by atoms with E-state index in [1.54, 1.807) is 12.5 Å². The molecule has 176 valence electrons. The molecule has 0 amide bonds. The van der Waals surface area contributed by atoms with Crippen molar-refractivity contribution >= 4 is 29.4 Å². The van der Waals surface area contributed by atoms with Gasteiger partial charge in [0.05, 0.1) is 0 Å². The first kappa shape index (κ1) is 29.9. The van der Waals surface area contributed by atoms with Crippen LogP contribution in [0, 0.1) is 0 Å². The molecule has 0 aromatic carbocycles. The second-order valence-electron chi connectivity index (χ2n) is 13.0. The van der Waals surface area contributed by atoms with Crippen molar-refractivity contribution in [3.63, 3.8) is 0 Å². The highest BCUT2D eigenvalue weighted by molar-refractivity contribution is 7.89. The summed E-state index contributed by atoms with van der Waals surface area (Å²) < 4.78 is 0. The number of hydrogen-bond acceptors (Lipinski definition) is 0. The fraction of sp³-hybridized carbons (Fsp3) is 1.00. The SMILES string of the molecule is CCCCCCCCCCCCCCCC[Si]([Si](C)(C)C)([Si](C)(C)C)[Si](C)(C)C. The Bertz CT molecular complexity index is 362. The predicted molar refractivity (Wildman–Crippen MR) is 151 cm³/mol. The second-order valence-corrected chi connectivity index (χ2v) is 54.5. The molecule has 0 nitrogen and oxygen atoms in total. The summed E-state index contributed by atoms with van der Waals surface area (Å²) in [4.78, 5) is 0. The number of rotatable bonds is 18. The summed E-state index contributed by atoms with van der Waals surface area (Å²) in [7, 11) is -3.15. The van der Waals surface area contributed by atoms with Crippen molar-refractivity contribution in [1.29, 1.82) is 0 Å². The van der Waals surface area contributed by atoms with Gasteiger partial charge >= 0.3 is 0 Å². The third kappa shape index (κ3) is 10.4. The van der Waals surface area contributed by atoms with Gasteiger partial charge in [-0.2, -0.15) is 0 Å². The van der Waals surface area contributed by atoms with Gasteiger partial charge in [0.15, 0.2) is 0 Å². The lowest BCUT2D eigenvalue weighted by molar-refractivity contribution is 0.538. The largest absolute Gasteiger partial charge is 0.0718 e. The molecule has 0 heterocycles. The van der Waals surface area contributed by atoms with Gasteiger partial charge in [-0.3, -0.25) is 0 Å². The van der Waals surface area contributed by atoms with Gasteiger partial charge in [-0.1, -0.05) is 162 Å². The summed E-state index contributed by atoms with van der Waals surface area (Å²) in [6, 6.07) is 1.69. The van der Waals surface area contributed by atoms with E-state index in [2.05, 4.69) is 65.8 Å². The summed E-state index contributed by atoms with van der Waals surface area (Å²) in [5, 5.41) is 0. The minimum Gasteiger partial charge on any atom is -0.0718 e. The van der Waals surface area contributed by atoms with Gasteiger partial charge in [0.25, 0.3) is 0 Å². The predicted octanol–water partition coefficient (Wildman–Crippen LogP) is 10.2. The van der Waals surface area contributed by atoms with Crippen LogP contribution in [0.15, 0.2) is 0 Å². The molecule has 0 aliphatic heterocycles. The fourth-order valence-corrected chi connectivity index (χ4v) is 106. The van der Waals surface area contributed by atoms with Crippen molar-refractivity contribution in [1.82, 2.24) is 0 Å². The lowest BCUT2D eigenvalue weighted by Gasteiger charge is -2.58. The van der Waals surface area contributed by atoms with E-state index in [9.17, 15) is 0 Å². The molecule has 0 aliphatic carbocycles. The van der Waals surface area contributed by atoms with E-state index in [4.69, 9.17) is 0 Å². The molecule has 0 N–H and O–H groups in total. The van der Waals surface area contributed by atoms with E-state index in [0.717, 1.165) is 0 Å². The van der Waals surface area contributed by atoms with Crippen LogP contribution in [0.5, 0.6) is 0 Å². The quantitative estimate of drug-likeness (QED) is 0.137. The molecule has 0 aliphatic rings. The van der Waals surface area contributed by atoms with Crippen LogP contribution in [0.2, 0.25) is 65.0 Å². The highest BCUT2D eigenvalue weighted by Crippen LogP contribution is 2.41. The zero-order valence-corrected chi connectivity index (χ0v) is 26.6. The standard InChI is InChI=1S/C25H60Si4/c1-11-12-13-14-15-16-17-18-19-20-21-22-23-24-25-29(26(2,3)4,27(5,6)7)28(8,9)10/h11-25H2,1-10H3. The van der Waals surface area contributed by atoms with E-state index >= 15 is 0 Å². The van der Waals surface area contributed by atoms with Crippen molar-refractivity contribution in [2.45, 2.75) is 162 Å². The number of hydrogen-bond donors (Lipinski definition) is 0. The molecule has 0 bridgehead atoms. The Morgan fingerprint density at radius 1 is 0.345 bits per heavy atom. The topological polar surface area (TPSA) is 0 Å². The lowest BCUT2D eigenvalue weighted by Crippen LogP contribution is -2.82. The Hall–Kier alpha value is 0.868. The highest BCUT2D eigenvalue weighted by atomic mass is 29.9. The lowest BCUT2D eigenvalue weighted by atomic mass is 10.0. The van der Waals surface area contributed by atoms with E-state index in [-0.39, 0.29) is 0 Å². The Kier molecular flexibility index (Phi) is 14.5. The van der Waals surface area contributed by atoms with Gasteiger partial charge in [-0.05, 0) is 0 Å². The van der Waals surface area contributed by atoms with Crippen LogP contribution in [-0.2, 0) is 0 Å². The fourth-order valence-electron chi connectivity index (χ4n) is 7.08. The molecule has 0 rings (SSSR count). The smallest absolute Gasteiger partial charge is 0.0374 e. The third-order valence-corrected chi connectivity index (χ3v) is 82.3. The molecule has 0 fully saturated rings. The maximum Gasteiger partial charge on any atom is 0.0374 e. The molecule has 0 aromatic rings.